The Bertz CT molecular complexity index is 1230. The summed E-state index contributed by atoms with van der Waals surface area (Å²) in [6.07, 6.45) is 4.05. The van der Waals surface area contributed by atoms with Crippen LogP contribution in [0.3, 0.4) is 0 Å². The molecule has 8 nitrogen and oxygen atoms in total. The van der Waals surface area contributed by atoms with Gasteiger partial charge in [-0.05, 0) is 43.4 Å². The predicted octanol–water partition coefficient (Wildman–Crippen LogP) is 4.10. The molecule has 5 atom stereocenters. The van der Waals surface area contributed by atoms with Crippen LogP contribution in [0, 0.1) is 28.5 Å². The van der Waals surface area contributed by atoms with Crippen molar-refractivity contribution in [1.82, 2.24) is 20.5 Å². The number of guanidine groups is 1. The molecule has 1 aromatic heterocycles. The molecule has 2 fully saturated rings. The van der Waals surface area contributed by atoms with E-state index in [2.05, 4.69) is 29.5 Å². The van der Waals surface area contributed by atoms with Gasteiger partial charge in [-0.1, -0.05) is 39.0 Å². The quantitative estimate of drug-likeness (QED) is 0.546. The van der Waals surface area contributed by atoms with Gasteiger partial charge < -0.3 is 15.4 Å². The van der Waals surface area contributed by atoms with E-state index in [-0.39, 0.29) is 47.5 Å². The van der Waals surface area contributed by atoms with Gasteiger partial charge in [-0.15, -0.1) is 0 Å². The van der Waals surface area contributed by atoms with Crippen LogP contribution < -0.4 is 15.4 Å². The Balaban J connectivity index is 1.41. The number of rotatable bonds is 6. The van der Waals surface area contributed by atoms with Crippen LogP contribution in [-0.4, -0.2) is 39.8 Å². The first-order valence-electron chi connectivity index (χ1n) is 12.8. The lowest BCUT2D eigenvalue weighted by molar-refractivity contribution is -0.133. The third kappa shape index (κ3) is 4.67. The summed E-state index contributed by atoms with van der Waals surface area (Å²) in [6, 6.07) is 8.16. The van der Waals surface area contributed by atoms with Gasteiger partial charge in [-0.3, -0.25) is 24.9 Å². The Morgan fingerprint density at radius 3 is 2.78 bits per heavy atom. The van der Waals surface area contributed by atoms with Crippen LogP contribution in [0.25, 0.3) is 0 Å². The lowest BCUT2D eigenvalue weighted by Gasteiger charge is -2.43. The molecular weight excluding hydrogens is 473 g/mol. The number of fused-ring (bicyclic) bond motifs is 1. The molecule has 0 radical (unpaired) electrons. The number of amides is 2. The summed E-state index contributed by atoms with van der Waals surface area (Å²) >= 11 is 0. The van der Waals surface area contributed by atoms with Gasteiger partial charge in [-0.25, -0.2) is 4.39 Å². The van der Waals surface area contributed by atoms with E-state index in [1.54, 1.807) is 0 Å². The van der Waals surface area contributed by atoms with Crippen molar-refractivity contribution < 1.29 is 18.7 Å². The zero-order valence-electron chi connectivity index (χ0n) is 21.7. The highest BCUT2D eigenvalue weighted by Crippen LogP contribution is 2.52. The van der Waals surface area contributed by atoms with Crippen molar-refractivity contribution in [2.24, 2.45) is 17.3 Å². The number of nitrogens with zero attached hydrogens (tertiary/aromatic N) is 2. The monoisotopic (exact) mass is 507 g/mol. The maximum Gasteiger partial charge on any atom is 0.232 e. The second kappa shape index (κ2) is 9.11. The van der Waals surface area contributed by atoms with Gasteiger partial charge in [0.1, 0.15) is 11.6 Å². The fourth-order valence-electron chi connectivity index (χ4n) is 5.63. The Kier molecular flexibility index (Phi) is 6.20. The highest BCUT2D eigenvalue weighted by Gasteiger charge is 2.54. The lowest BCUT2D eigenvalue weighted by Crippen LogP contribution is -2.61. The molecular formula is C28H34FN5O3. The lowest BCUT2D eigenvalue weighted by atomic mass is 9.79. The van der Waals surface area contributed by atoms with Crippen molar-refractivity contribution >= 4 is 17.8 Å². The van der Waals surface area contributed by atoms with Crippen LogP contribution >= 0.6 is 0 Å². The molecule has 3 aliphatic rings. The zero-order chi connectivity index (χ0) is 26.5. The number of benzene rings is 1. The van der Waals surface area contributed by atoms with E-state index >= 15 is 0 Å². The van der Waals surface area contributed by atoms with Crippen molar-refractivity contribution in [2.75, 3.05) is 6.61 Å². The van der Waals surface area contributed by atoms with E-state index in [1.165, 1.54) is 17.2 Å². The average molecular weight is 508 g/mol. The standard InChI is InChI=1S/C28H34FN5O3/c1-5-28(4)12-22(35)34(26(30)33-28)23(16-10-17(29)14-31-13-16)19-11-20(19)25(36)32-24-18-8-6-7-9-21(18)37-15-27(24,2)3/h6-10,13-14,19-20,23-24H,5,11-12,15H2,1-4H3,(H2,30,33)(H,32,36)/t19-,20-,23+,24-,28-/m1/s1. The van der Waals surface area contributed by atoms with Crippen LogP contribution in [0.4, 0.5) is 4.39 Å². The smallest absolute Gasteiger partial charge is 0.232 e. The van der Waals surface area contributed by atoms with E-state index in [0.717, 1.165) is 17.5 Å². The van der Waals surface area contributed by atoms with E-state index in [1.807, 2.05) is 38.1 Å². The first-order valence-corrected chi connectivity index (χ1v) is 12.8. The van der Waals surface area contributed by atoms with Crippen LogP contribution in [0.5, 0.6) is 5.75 Å². The topological polar surface area (TPSA) is 107 Å². The number of hydrogen-bond donors (Lipinski definition) is 3. The Labute approximate surface area is 216 Å². The number of halogens is 1. The molecule has 0 spiro atoms. The minimum absolute atomic E-state index is 0.0274. The number of nitrogens with one attached hydrogen (secondary N) is 3. The molecule has 1 saturated heterocycles. The number of ether oxygens (including phenoxy) is 1. The number of hydrogen-bond acceptors (Lipinski definition) is 5. The van der Waals surface area contributed by atoms with Crippen LogP contribution in [0.15, 0.2) is 42.7 Å². The van der Waals surface area contributed by atoms with E-state index < -0.39 is 17.4 Å². The van der Waals surface area contributed by atoms with Gasteiger partial charge >= 0.3 is 0 Å². The third-order valence-corrected chi connectivity index (χ3v) is 8.08. The summed E-state index contributed by atoms with van der Waals surface area (Å²) in [5.74, 6) is -0.754. The highest BCUT2D eigenvalue weighted by atomic mass is 19.1. The number of carbonyl (C=O) groups is 2. The maximum atomic E-state index is 14.2. The van der Waals surface area contributed by atoms with Crippen molar-refractivity contribution in [2.45, 2.75) is 64.6 Å². The Hall–Kier alpha value is -3.49. The molecule has 0 unspecified atom stereocenters. The van der Waals surface area contributed by atoms with Crippen molar-refractivity contribution in [1.29, 1.82) is 5.41 Å². The molecule has 2 aliphatic heterocycles. The molecule has 0 bridgehead atoms. The van der Waals surface area contributed by atoms with Crippen molar-refractivity contribution in [3.05, 3.63) is 59.7 Å². The van der Waals surface area contributed by atoms with E-state index in [9.17, 15) is 14.0 Å². The third-order valence-electron chi connectivity index (χ3n) is 8.08. The van der Waals surface area contributed by atoms with Crippen LogP contribution in [0.1, 0.15) is 70.2 Å². The predicted molar refractivity (Wildman–Crippen MR) is 136 cm³/mol. The highest BCUT2D eigenvalue weighted by molar-refractivity contribution is 5.99. The van der Waals surface area contributed by atoms with E-state index in [0.29, 0.717) is 25.0 Å². The SMILES string of the molecule is CC[C@]1(C)CC(=O)N([C@@H](c2cncc(F)c2)[C@@H]2C[C@H]2C(=O)N[C@@H]2c3ccccc3OCC2(C)C)C(=N)N1. The molecule has 9 heteroatoms. The van der Waals surface area contributed by atoms with Crippen molar-refractivity contribution in [3.8, 4) is 5.75 Å². The van der Waals surface area contributed by atoms with Gasteiger partial charge in [0, 0.05) is 28.6 Å². The molecule has 37 heavy (non-hydrogen) atoms. The number of aromatic nitrogens is 1. The second-order valence-electron chi connectivity index (χ2n) is 11.5. The fourth-order valence-corrected chi connectivity index (χ4v) is 5.63. The molecule has 1 aromatic carbocycles. The summed E-state index contributed by atoms with van der Waals surface area (Å²) in [4.78, 5) is 32.3. The summed E-state index contributed by atoms with van der Waals surface area (Å²) in [6.45, 7) is 8.47. The van der Waals surface area contributed by atoms with Gasteiger partial charge in [0.05, 0.1) is 31.3 Å². The van der Waals surface area contributed by atoms with Crippen molar-refractivity contribution in [3.63, 3.8) is 0 Å². The molecule has 2 amide bonds. The zero-order valence-corrected chi connectivity index (χ0v) is 21.7. The van der Waals surface area contributed by atoms with Crippen LogP contribution in [0.2, 0.25) is 0 Å². The molecule has 2 aromatic rings. The number of pyridine rings is 1. The summed E-state index contributed by atoms with van der Waals surface area (Å²) < 4.78 is 20.1. The largest absolute Gasteiger partial charge is 0.493 e. The van der Waals surface area contributed by atoms with Gasteiger partial charge in [0.2, 0.25) is 11.8 Å². The number of para-hydroxylation sites is 1. The maximum absolute atomic E-state index is 14.2. The first-order chi connectivity index (χ1) is 17.5. The fraction of sp³-hybridized carbons (Fsp3) is 0.500. The molecule has 1 saturated carbocycles. The normalized spacial score (nSPS) is 29.0. The molecule has 1 aliphatic carbocycles. The molecule has 3 heterocycles. The van der Waals surface area contributed by atoms with Gasteiger partial charge in [0.25, 0.3) is 0 Å². The molecule has 3 N–H and O–H groups in total. The summed E-state index contributed by atoms with van der Waals surface area (Å²) in [5, 5.41) is 15.1. The summed E-state index contributed by atoms with van der Waals surface area (Å²) in [7, 11) is 0. The van der Waals surface area contributed by atoms with Crippen LogP contribution in [-0.2, 0) is 9.59 Å². The minimum Gasteiger partial charge on any atom is -0.493 e. The Morgan fingerprint density at radius 1 is 1.32 bits per heavy atom. The molecule has 5 rings (SSSR count). The molecule has 196 valence electrons. The van der Waals surface area contributed by atoms with E-state index in [4.69, 9.17) is 10.1 Å². The Morgan fingerprint density at radius 2 is 2.08 bits per heavy atom. The average Bonchev–Trinajstić information content (AvgIpc) is 3.63. The summed E-state index contributed by atoms with van der Waals surface area (Å²) in [5.41, 5.74) is 0.584. The van der Waals surface area contributed by atoms with Gasteiger partial charge in [0.15, 0.2) is 5.96 Å². The number of carbonyl (C=O) groups excluding carboxylic acids is 2. The minimum atomic E-state index is -0.664. The second-order valence-corrected chi connectivity index (χ2v) is 11.5. The van der Waals surface area contributed by atoms with Gasteiger partial charge in [-0.2, -0.15) is 0 Å². The first kappa shape index (κ1) is 25.2.